The van der Waals surface area contributed by atoms with Crippen molar-refractivity contribution in [3.63, 3.8) is 0 Å². The van der Waals surface area contributed by atoms with E-state index >= 15 is 0 Å². The molecule has 1 unspecified atom stereocenters. The van der Waals surface area contributed by atoms with Gasteiger partial charge in [-0.3, -0.25) is 5.32 Å². The first-order chi connectivity index (χ1) is 10.2. The highest BCUT2D eigenvalue weighted by atomic mass is 16.5. The van der Waals surface area contributed by atoms with Crippen LogP contribution in [0.3, 0.4) is 0 Å². The fourth-order valence-corrected chi connectivity index (χ4v) is 2.69. The Morgan fingerprint density at radius 1 is 1.00 bits per heavy atom. The molecule has 0 saturated heterocycles. The fraction of sp³-hybridized carbons (Fsp3) is 0.944. The first-order valence-electron chi connectivity index (χ1n) is 9.18. The van der Waals surface area contributed by atoms with Crippen molar-refractivity contribution in [2.45, 2.75) is 91.1 Å². The van der Waals surface area contributed by atoms with Crippen molar-refractivity contribution in [2.75, 3.05) is 13.2 Å². The highest BCUT2D eigenvalue weighted by Gasteiger charge is 2.19. The summed E-state index contributed by atoms with van der Waals surface area (Å²) in [6.07, 6.45) is 14.1. The molecule has 0 aliphatic carbocycles. The van der Waals surface area contributed by atoms with Crippen molar-refractivity contribution >= 4 is 5.90 Å². The smallest absolute Gasteiger partial charge is 0.187 e. The van der Waals surface area contributed by atoms with E-state index < -0.39 is 0 Å². The van der Waals surface area contributed by atoms with Crippen LogP contribution in [0.1, 0.15) is 85.0 Å². The molecule has 1 N–H and O–H groups in total. The molecular weight excluding hydrogens is 260 g/mol. The Balaban J connectivity index is 1.83. The Labute approximate surface area is 131 Å². The molecule has 3 heteroatoms. The number of nitrogens with zero attached hydrogens (tertiary/aromatic N) is 1. The zero-order valence-corrected chi connectivity index (χ0v) is 14.5. The third-order valence-corrected chi connectivity index (χ3v) is 4.08. The van der Waals surface area contributed by atoms with Crippen LogP contribution in [0.25, 0.3) is 0 Å². The Kier molecular flexibility index (Phi) is 10.6. The summed E-state index contributed by atoms with van der Waals surface area (Å²) in [7, 11) is 0. The number of hydrogen-bond acceptors (Lipinski definition) is 3. The largest absolute Gasteiger partial charge is 0.477 e. The SMILES string of the molecule is CCCCCCCCCCCCNC1COC(C(C)C)=N1. The summed E-state index contributed by atoms with van der Waals surface area (Å²) in [4.78, 5) is 4.55. The second-order valence-electron chi connectivity index (χ2n) is 6.58. The standard InChI is InChI=1S/C18H36N2O/c1-4-5-6-7-8-9-10-11-12-13-14-19-17-15-21-18(20-17)16(2)3/h16-17,19H,4-15H2,1-3H3. The van der Waals surface area contributed by atoms with Crippen LogP contribution in [0.15, 0.2) is 4.99 Å². The van der Waals surface area contributed by atoms with Crippen molar-refractivity contribution in [2.24, 2.45) is 10.9 Å². The number of ether oxygens (including phenoxy) is 1. The van der Waals surface area contributed by atoms with Crippen LogP contribution in [0.2, 0.25) is 0 Å². The van der Waals surface area contributed by atoms with Gasteiger partial charge in [0, 0.05) is 5.92 Å². The summed E-state index contributed by atoms with van der Waals surface area (Å²) in [5, 5.41) is 3.48. The highest BCUT2D eigenvalue weighted by Crippen LogP contribution is 2.11. The molecule has 0 fully saturated rings. The minimum absolute atomic E-state index is 0.195. The molecular formula is C18H36N2O. The monoisotopic (exact) mass is 296 g/mol. The second kappa shape index (κ2) is 12.0. The Hall–Kier alpha value is -0.570. The van der Waals surface area contributed by atoms with Gasteiger partial charge in [-0.2, -0.15) is 0 Å². The van der Waals surface area contributed by atoms with Crippen LogP contribution in [0.4, 0.5) is 0 Å². The van der Waals surface area contributed by atoms with Crippen molar-refractivity contribution in [3.05, 3.63) is 0 Å². The van der Waals surface area contributed by atoms with Crippen molar-refractivity contribution in [1.82, 2.24) is 5.32 Å². The van der Waals surface area contributed by atoms with Gasteiger partial charge in [0.15, 0.2) is 5.90 Å². The van der Waals surface area contributed by atoms with Crippen molar-refractivity contribution < 1.29 is 4.74 Å². The summed E-state index contributed by atoms with van der Waals surface area (Å²) >= 11 is 0. The molecule has 1 heterocycles. The molecule has 0 aromatic heterocycles. The molecule has 0 spiro atoms. The molecule has 21 heavy (non-hydrogen) atoms. The summed E-state index contributed by atoms with van der Waals surface area (Å²) < 4.78 is 5.56. The Bertz CT molecular complexity index is 276. The van der Waals surface area contributed by atoms with E-state index in [0.717, 1.165) is 12.4 Å². The number of aliphatic imine (C=N–C) groups is 1. The first-order valence-corrected chi connectivity index (χ1v) is 9.18. The summed E-state index contributed by atoms with van der Waals surface area (Å²) in [5.74, 6) is 1.32. The molecule has 0 amide bonds. The lowest BCUT2D eigenvalue weighted by Gasteiger charge is -2.07. The van der Waals surface area contributed by atoms with Gasteiger partial charge in [-0.15, -0.1) is 0 Å². The maximum Gasteiger partial charge on any atom is 0.187 e. The van der Waals surface area contributed by atoms with Crippen LogP contribution in [0, 0.1) is 5.92 Å². The molecule has 0 bridgehead atoms. The maximum atomic E-state index is 5.56. The van der Waals surface area contributed by atoms with Gasteiger partial charge < -0.3 is 4.74 Å². The van der Waals surface area contributed by atoms with Crippen LogP contribution in [-0.2, 0) is 4.74 Å². The normalized spacial score (nSPS) is 18.1. The van der Waals surface area contributed by atoms with E-state index in [-0.39, 0.29) is 6.17 Å². The van der Waals surface area contributed by atoms with E-state index in [1.54, 1.807) is 0 Å². The van der Waals surface area contributed by atoms with E-state index in [1.807, 2.05) is 0 Å². The molecule has 124 valence electrons. The quantitative estimate of drug-likeness (QED) is 0.490. The van der Waals surface area contributed by atoms with E-state index in [4.69, 9.17) is 4.74 Å². The Morgan fingerprint density at radius 3 is 2.10 bits per heavy atom. The van der Waals surface area contributed by atoms with E-state index in [1.165, 1.54) is 64.2 Å². The summed E-state index contributed by atoms with van der Waals surface area (Å²) in [6.45, 7) is 8.32. The van der Waals surface area contributed by atoms with Gasteiger partial charge in [0.2, 0.25) is 0 Å². The van der Waals surface area contributed by atoms with Gasteiger partial charge in [0.1, 0.15) is 12.8 Å². The first kappa shape index (κ1) is 18.5. The zero-order valence-electron chi connectivity index (χ0n) is 14.5. The lowest BCUT2D eigenvalue weighted by molar-refractivity contribution is 0.285. The van der Waals surface area contributed by atoms with Crippen LogP contribution in [0.5, 0.6) is 0 Å². The van der Waals surface area contributed by atoms with Gasteiger partial charge in [-0.1, -0.05) is 78.6 Å². The molecule has 0 aromatic rings. The predicted octanol–water partition coefficient (Wildman–Crippen LogP) is 4.91. The van der Waals surface area contributed by atoms with Crippen molar-refractivity contribution in [3.8, 4) is 0 Å². The molecule has 0 aromatic carbocycles. The van der Waals surface area contributed by atoms with E-state index in [9.17, 15) is 0 Å². The minimum Gasteiger partial charge on any atom is -0.477 e. The number of rotatable bonds is 13. The third kappa shape index (κ3) is 9.13. The number of unbranched alkanes of at least 4 members (excludes halogenated alkanes) is 9. The van der Waals surface area contributed by atoms with E-state index in [2.05, 4.69) is 31.1 Å². The molecule has 0 saturated carbocycles. The molecule has 1 rings (SSSR count). The highest BCUT2D eigenvalue weighted by molar-refractivity contribution is 5.79. The van der Waals surface area contributed by atoms with E-state index in [0.29, 0.717) is 12.5 Å². The molecule has 1 atom stereocenters. The molecule has 3 nitrogen and oxygen atoms in total. The van der Waals surface area contributed by atoms with Crippen LogP contribution in [-0.4, -0.2) is 25.2 Å². The second-order valence-corrected chi connectivity index (χ2v) is 6.58. The Morgan fingerprint density at radius 2 is 1.57 bits per heavy atom. The average Bonchev–Trinajstić information content (AvgIpc) is 2.94. The molecule has 1 aliphatic rings. The van der Waals surface area contributed by atoms with Gasteiger partial charge in [-0.25, -0.2) is 4.99 Å². The maximum absolute atomic E-state index is 5.56. The number of hydrogen-bond donors (Lipinski definition) is 1. The van der Waals surface area contributed by atoms with Crippen LogP contribution >= 0.6 is 0 Å². The van der Waals surface area contributed by atoms with Gasteiger partial charge in [0.25, 0.3) is 0 Å². The average molecular weight is 296 g/mol. The fourth-order valence-electron chi connectivity index (χ4n) is 2.69. The lowest BCUT2D eigenvalue weighted by Crippen LogP contribution is -2.29. The topological polar surface area (TPSA) is 33.6 Å². The van der Waals surface area contributed by atoms with Gasteiger partial charge in [0.05, 0.1) is 0 Å². The zero-order chi connectivity index (χ0) is 15.3. The molecule has 0 radical (unpaired) electrons. The van der Waals surface area contributed by atoms with Gasteiger partial charge >= 0.3 is 0 Å². The minimum atomic E-state index is 0.195. The molecule has 1 aliphatic heterocycles. The number of nitrogens with one attached hydrogen (secondary N) is 1. The summed E-state index contributed by atoms with van der Waals surface area (Å²) in [6, 6.07) is 0. The van der Waals surface area contributed by atoms with Crippen LogP contribution < -0.4 is 5.32 Å². The van der Waals surface area contributed by atoms with Gasteiger partial charge in [-0.05, 0) is 13.0 Å². The predicted molar refractivity (Wildman–Crippen MR) is 91.9 cm³/mol. The van der Waals surface area contributed by atoms with Crippen molar-refractivity contribution in [1.29, 1.82) is 0 Å². The third-order valence-electron chi connectivity index (χ3n) is 4.08. The summed E-state index contributed by atoms with van der Waals surface area (Å²) in [5.41, 5.74) is 0. The lowest BCUT2D eigenvalue weighted by atomic mass is 10.1.